The molecule has 4 nitrogen and oxygen atoms in total. The van der Waals surface area contributed by atoms with Gasteiger partial charge in [0.05, 0.1) is 4.90 Å². The molecule has 1 aromatic carbocycles. The van der Waals surface area contributed by atoms with Gasteiger partial charge in [-0.25, -0.2) is 8.42 Å². The van der Waals surface area contributed by atoms with Gasteiger partial charge < -0.3 is 10.6 Å². The smallest absolute Gasteiger partial charge is 0.175 e. The number of sulfone groups is 1. The van der Waals surface area contributed by atoms with Crippen LogP contribution in [0.5, 0.6) is 0 Å². The van der Waals surface area contributed by atoms with Gasteiger partial charge in [-0.05, 0) is 56.1 Å². The molecule has 1 atom stereocenters. The van der Waals surface area contributed by atoms with Gasteiger partial charge >= 0.3 is 0 Å². The summed E-state index contributed by atoms with van der Waals surface area (Å²) < 4.78 is 22.7. The zero-order valence-electron chi connectivity index (χ0n) is 11.4. The van der Waals surface area contributed by atoms with E-state index < -0.39 is 9.84 Å². The third kappa shape index (κ3) is 4.60. The lowest BCUT2D eigenvalue weighted by Crippen LogP contribution is -2.35. The first kappa shape index (κ1) is 14.5. The average molecular weight is 282 g/mol. The first-order valence-electron chi connectivity index (χ1n) is 6.76. The van der Waals surface area contributed by atoms with Gasteiger partial charge in [0.2, 0.25) is 0 Å². The third-order valence-corrected chi connectivity index (χ3v) is 4.64. The van der Waals surface area contributed by atoms with Gasteiger partial charge in [-0.1, -0.05) is 12.1 Å². The highest BCUT2D eigenvalue weighted by molar-refractivity contribution is 7.90. The van der Waals surface area contributed by atoms with Crippen molar-refractivity contribution in [3.05, 3.63) is 29.8 Å². The van der Waals surface area contributed by atoms with Crippen LogP contribution in [0.1, 0.15) is 18.4 Å². The lowest BCUT2D eigenvalue weighted by atomic mass is 10.00. The Kier molecular flexibility index (Phi) is 4.96. The molecule has 0 saturated carbocycles. The van der Waals surface area contributed by atoms with E-state index in [2.05, 4.69) is 10.6 Å². The van der Waals surface area contributed by atoms with Crippen LogP contribution in [0, 0.1) is 5.92 Å². The lowest BCUT2D eigenvalue weighted by Gasteiger charge is -2.22. The van der Waals surface area contributed by atoms with E-state index in [-0.39, 0.29) is 0 Å². The van der Waals surface area contributed by atoms with Crippen molar-refractivity contribution in [2.24, 2.45) is 5.92 Å². The van der Waals surface area contributed by atoms with Crippen molar-refractivity contribution in [2.75, 3.05) is 25.9 Å². The van der Waals surface area contributed by atoms with Crippen molar-refractivity contribution in [1.29, 1.82) is 0 Å². The summed E-state index contributed by atoms with van der Waals surface area (Å²) in [5, 5.41) is 6.84. The molecule has 1 aromatic rings. The summed E-state index contributed by atoms with van der Waals surface area (Å²) in [7, 11) is -3.09. The standard InChI is InChI=1S/C14H22N2O2S/c1-19(17,18)14-6-4-12(5-7-14)9-16-11-13-3-2-8-15-10-13/h4-7,13,15-16H,2-3,8-11H2,1H3. The maximum atomic E-state index is 11.3. The van der Waals surface area contributed by atoms with Crippen molar-refractivity contribution < 1.29 is 8.42 Å². The molecule has 1 unspecified atom stereocenters. The monoisotopic (exact) mass is 282 g/mol. The van der Waals surface area contributed by atoms with E-state index in [4.69, 9.17) is 0 Å². The van der Waals surface area contributed by atoms with Crippen LogP contribution in [0.4, 0.5) is 0 Å². The molecule has 1 aliphatic heterocycles. The lowest BCUT2D eigenvalue weighted by molar-refractivity contribution is 0.360. The second kappa shape index (κ2) is 6.50. The molecule has 1 saturated heterocycles. The molecular formula is C14H22N2O2S. The third-order valence-electron chi connectivity index (χ3n) is 3.51. The maximum Gasteiger partial charge on any atom is 0.175 e. The SMILES string of the molecule is CS(=O)(=O)c1ccc(CNCC2CCCNC2)cc1. The molecule has 0 spiro atoms. The highest BCUT2D eigenvalue weighted by Gasteiger charge is 2.12. The Hall–Kier alpha value is -0.910. The van der Waals surface area contributed by atoms with Crippen molar-refractivity contribution in [2.45, 2.75) is 24.3 Å². The summed E-state index contributed by atoms with van der Waals surface area (Å²) in [5.41, 5.74) is 1.12. The Labute approximate surface area is 115 Å². The maximum absolute atomic E-state index is 11.3. The minimum absolute atomic E-state index is 0.382. The number of nitrogens with one attached hydrogen (secondary N) is 2. The summed E-state index contributed by atoms with van der Waals surface area (Å²) in [5.74, 6) is 0.712. The molecule has 0 aliphatic carbocycles. The molecule has 0 amide bonds. The van der Waals surface area contributed by atoms with Crippen molar-refractivity contribution >= 4 is 9.84 Å². The predicted octanol–water partition coefficient (Wildman–Crippen LogP) is 1.18. The molecule has 19 heavy (non-hydrogen) atoms. The highest BCUT2D eigenvalue weighted by atomic mass is 32.2. The highest BCUT2D eigenvalue weighted by Crippen LogP contribution is 2.11. The van der Waals surface area contributed by atoms with Crippen LogP contribution in [0.25, 0.3) is 0 Å². The van der Waals surface area contributed by atoms with Crippen LogP contribution in [-0.2, 0) is 16.4 Å². The van der Waals surface area contributed by atoms with Crippen LogP contribution >= 0.6 is 0 Å². The molecule has 0 aromatic heterocycles. The van der Waals surface area contributed by atoms with Gasteiger partial charge in [-0.15, -0.1) is 0 Å². The van der Waals surface area contributed by atoms with Gasteiger partial charge in [0.25, 0.3) is 0 Å². The Bertz CT molecular complexity index is 491. The molecule has 5 heteroatoms. The number of benzene rings is 1. The number of hydrogen-bond acceptors (Lipinski definition) is 4. The quantitative estimate of drug-likeness (QED) is 0.851. The first-order chi connectivity index (χ1) is 9.05. The van der Waals surface area contributed by atoms with Crippen LogP contribution in [0.15, 0.2) is 29.2 Å². The van der Waals surface area contributed by atoms with Gasteiger partial charge in [0.1, 0.15) is 0 Å². The van der Waals surface area contributed by atoms with E-state index >= 15 is 0 Å². The van der Waals surface area contributed by atoms with Crippen LogP contribution in [0.3, 0.4) is 0 Å². The van der Waals surface area contributed by atoms with Gasteiger partial charge in [0.15, 0.2) is 9.84 Å². The van der Waals surface area contributed by atoms with E-state index in [0.717, 1.165) is 31.7 Å². The number of piperidine rings is 1. The Morgan fingerprint density at radius 2 is 2.05 bits per heavy atom. The van der Waals surface area contributed by atoms with Gasteiger partial charge in [-0.3, -0.25) is 0 Å². The van der Waals surface area contributed by atoms with Crippen molar-refractivity contribution in [1.82, 2.24) is 10.6 Å². The second-order valence-electron chi connectivity index (χ2n) is 5.26. The fourth-order valence-corrected chi connectivity index (χ4v) is 3.00. The minimum atomic E-state index is -3.09. The molecule has 0 bridgehead atoms. The van der Waals surface area contributed by atoms with E-state index in [9.17, 15) is 8.42 Å². The zero-order valence-corrected chi connectivity index (χ0v) is 12.2. The molecule has 1 heterocycles. The summed E-state index contributed by atoms with van der Waals surface area (Å²) in [6.45, 7) is 4.05. The molecule has 1 fully saturated rings. The number of hydrogen-bond donors (Lipinski definition) is 2. The van der Waals surface area contributed by atoms with E-state index in [1.54, 1.807) is 12.1 Å². The summed E-state index contributed by atoms with van der Waals surface area (Å²) in [4.78, 5) is 0.382. The Morgan fingerprint density at radius 3 is 2.63 bits per heavy atom. The molecule has 2 N–H and O–H groups in total. The normalized spacial score (nSPS) is 20.4. The number of rotatable bonds is 5. The van der Waals surface area contributed by atoms with Crippen LogP contribution in [0.2, 0.25) is 0 Å². The van der Waals surface area contributed by atoms with Crippen molar-refractivity contribution in [3.63, 3.8) is 0 Å². The molecular weight excluding hydrogens is 260 g/mol. The second-order valence-corrected chi connectivity index (χ2v) is 7.28. The van der Waals surface area contributed by atoms with Gasteiger partial charge in [0, 0.05) is 12.8 Å². The van der Waals surface area contributed by atoms with E-state index in [1.165, 1.54) is 19.1 Å². The van der Waals surface area contributed by atoms with Crippen LogP contribution < -0.4 is 10.6 Å². The van der Waals surface area contributed by atoms with Crippen molar-refractivity contribution in [3.8, 4) is 0 Å². The molecule has 1 aliphatic rings. The largest absolute Gasteiger partial charge is 0.316 e. The average Bonchev–Trinajstić information content (AvgIpc) is 2.39. The van der Waals surface area contributed by atoms with E-state index in [0.29, 0.717) is 10.8 Å². The van der Waals surface area contributed by atoms with E-state index in [1.807, 2.05) is 12.1 Å². The minimum Gasteiger partial charge on any atom is -0.316 e. The molecule has 2 rings (SSSR count). The predicted molar refractivity (Wildman–Crippen MR) is 76.9 cm³/mol. The fraction of sp³-hybridized carbons (Fsp3) is 0.571. The summed E-state index contributed by atoms with van der Waals surface area (Å²) >= 11 is 0. The van der Waals surface area contributed by atoms with Gasteiger partial charge in [-0.2, -0.15) is 0 Å². The van der Waals surface area contributed by atoms with Crippen LogP contribution in [-0.4, -0.2) is 34.3 Å². The zero-order chi connectivity index (χ0) is 13.7. The first-order valence-corrected chi connectivity index (χ1v) is 8.65. The topological polar surface area (TPSA) is 58.2 Å². The molecule has 0 radical (unpaired) electrons. The summed E-state index contributed by atoms with van der Waals surface area (Å²) in [6.07, 6.45) is 3.78. The fourth-order valence-electron chi connectivity index (χ4n) is 2.37. The Morgan fingerprint density at radius 1 is 1.32 bits per heavy atom. The molecule has 106 valence electrons. The summed E-state index contributed by atoms with van der Waals surface area (Å²) in [6, 6.07) is 7.11. The Balaban J connectivity index is 1.80.